The van der Waals surface area contributed by atoms with Gasteiger partial charge in [0.1, 0.15) is 11.0 Å². The molecule has 0 saturated carbocycles. The van der Waals surface area contributed by atoms with Crippen LogP contribution in [-0.4, -0.2) is 25.8 Å². The van der Waals surface area contributed by atoms with E-state index in [-0.39, 0.29) is 12.2 Å². The van der Waals surface area contributed by atoms with E-state index in [1.165, 1.54) is 0 Å². The largest absolute Gasteiger partial charge is 0.396 e. The Labute approximate surface area is 109 Å². The first-order chi connectivity index (χ1) is 9.24. The highest BCUT2D eigenvalue weighted by molar-refractivity contribution is 6.05. The monoisotopic (exact) mass is 257 g/mol. The van der Waals surface area contributed by atoms with Crippen LogP contribution in [0.3, 0.4) is 0 Å². The summed E-state index contributed by atoms with van der Waals surface area (Å²) < 4.78 is 3.44. The Hall–Kier alpha value is -2.14. The number of benzene rings is 1. The molecule has 1 aromatic carbocycles. The summed E-state index contributed by atoms with van der Waals surface area (Å²) in [7, 11) is 1.88. The van der Waals surface area contributed by atoms with Crippen LogP contribution < -0.4 is 5.56 Å². The molecular formula is C14H15N3O2. The second-order valence-electron chi connectivity index (χ2n) is 4.59. The molecule has 5 heteroatoms. The van der Waals surface area contributed by atoms with E-state index in [1.807, 2.05) is 35.9 Å². The zero-order valence-corrected chi connectivity index (χ0v) is 10.7. The third-order valence-corrected chi connectivity index (χ3v) is 3.43. The predicted molar refractivity (Wildman–Crippen MR) is 74.2 cm³/mol. The van der Waals surface area contributed by atoms with Gasteiger partial charge < -0.3 is 9.67 Å². The van der Waals surface area contributed by atoms with Crippen LogP contribution in [0.5, 0.6) is 0 Å². The van der Waals surface area contributed by atoms with Gasteiger partial charge in [0.05, 0.1) is 11.8 Å². The molecular weight excluding hydrogens is 242 g/mol. The maximum Gasteiger partial charge on any atom is 0.277 e. The second kappa shape index (κ2) is 4.51. The second-order valence-corrected chi connectivity index (χ2v) is 4.59. The highest BCUT2D eigenvalue weighted by atomic mass is 16.3. The predicted octanol–water partition coefficient (Wildman–Crippen LogP) is 1.27. The molecule has 0 bridgehead atoms. The molecule has 19 heavy (non-hydrogen) atoms. The van der Waals surface area contributed by atoms with Gasteiger partial charge in [-0.3, -0.25) is 9.36 Å². The zero-order chi connectivity index (χ0) is 13.4. The van der Waals surface area contributed by atoms with Crippen LogP contribution in [0.4, 0.5) is 0 Å². The van der Waals surface area contributed by atoms with Crippen LogP contribution in [0.1, 0.15) is 6.42 Å². The van der Waals surface area contributed by atoms with Crippen molar-refractivity contribution in [3.63, 3.8) is 0 Å². The average molecular weight is 257 g/mol. The maximum absolute atomic E-state index is 12.4. The number of aromatic nitrogens is 3. The van der Waals surface area contributed by atoms with Crippen LogP contribution in [0.15, 0.2) is 35.4 Å². The Bertz CT molecular complexity index is 801. The van der Waals surface area contributed by atoms with Crippen LogP contribution in [0.25, 0.3) is 21.9 Å². The lowest BCUT2D eigenvalue weighted by Gasteiger charge is -2.04. The van der Waals surface area contributed by atoms with E-state index >= 15 is 0 Å². The van der Waals surface area contributed by atoms with Gasteiger partial charge in [0.2, 0.25) is 0 Å². The van der Waals surface area contributed by atoms with Gasteiger partial charge in [-0.2, -0.15) is 0 Å². The molecule has 0 unspecified atom stereocenters. The molecule has 0 amide bonds. The first-order valence-corrected chi connectivity index (χ1v) is 6.27. The summed E-state index contributed by atoms with van der Waals surface area (Å²) >= 11 is 0. The van der Waals surface area contributed by atoms with Gasteiger partial charge in [-0.05, 0) is 12.5 Å². The summed E-state index contributed by atoms with van der Waals surface area (Å²) in [4.78, 5) is 16.8. The summed E-state index contributed by atoms with van der Waals surface area (Å²) in [6.07, 6.45) is 2.11. The van der Waals surface area contributed by atoms with Gasteiger partial charge in [-0.25, -0.2) is 4.98 Å². The minimum atomic E-state index is -0.0582. The van der Waals surface area contributed by atoms with Crippen molar-refractivity contribution in [2.45, 2.75) is 13.0 Å². The molecule has 0 atom stereocenters. The maximum atomic E-state index is 12.4. The van der Waals surface area contributed by atoms with Crippen LogP contribution in [-0.2, 0) is 13.6 Å². The van der Waals surface area contributed by atoms with E-state index in [0.29, 0.717) is 18.5 Å². The summed E-state index contributed by atoms with van der Waals surface area (Å²) in [6, 6.07) is 7.85. The van der Waals surface area contributed by atoms with Gasteiger partial charge in [-0.15, -0.1) is 0 Å². The van der Waals surface area contributed by atoms with Crippen LogP contribution in [0, 0.1) is 0 Å². The van der Waals surface area contributed by atoms with Gasteiger partial charge in [0.15, 0.2) is 0 Å². The number of aliphatic hydroxyl groups is 1. The highest BCUT2D eigenvalue weighted by Gasteiger charge is 2.13. The normalized spacial score (nSPS) is 11.5. The number of fused-ring (bicyclic) bond motifs is 3. The standard InChI is InChI=1S/C14H15N3O2/c1-16-11-6-3-2-5-10(11)12-13(16)14(19)17(9-15-12)7-4-8-18/h2-3,5-6,9,18H,4,7-8H2,1H3. The first kappa shape index (κ1) is 11.9. The number of aliphatic hydroxyl groups excluding tert-OH is 1. The summed E-state index contributed by atoms with van der Waals surface area (Å²) in [5.74, 6) is 0. The molecule has 0 fully saturated rings. The third-order valence-electron chi connectivity index (χ3n) is 3.43. The van der Waals surface area contributed by atoms with Crippen molar-refractivity contribution in [1.29, 1.82) is 0 Å². The Balaban J connectivity index is 2.34. The van der Waals surface area contributed by atoms with Crippen molar-refractivity contribution < 1.29 is 5.11 Å². The van der Waals surface area contributed by atoms with Crippen molar-refractivity contribution in [3.05, 3.63) is 40.9 Å². The molecule has 0 aliphatic carbocycles. The van der Waals surface area contributed by atoms with E-state index in [0.717, 1.165) is 16.4 Å². The van der Waals surface area contributed by atoms with Crippen molar-refractivity contribution >= 4 is 21.9 Å². The van der Waals surface area contributed by atoms with Crippen LogP contribution in [0.2, 0.25) is 0 Å². The summed E-state index contributed by atoms with van der Waals surface area (Å²) in [5, 5.41) is 9.85. The molecule has 3 aromatic rings. The molecule has 2 aromatic heterocycles. The fraction of sp³-hybridized carbons (Fsp3) is 0.286. The minimum Gasteiger partial charge on any atom is -0.396 e. The number of para-hydroxylation sites is 1. The molecule has 0 aliphatic heterocycles. The lowest BCUT2D eigenvalue weighted by atomic mass is 10.2. The quantitative estimate of drug-likeness (QED) is 0.768. The number of aryl methyl sites for hydroxylation is 2. The Morgan fingerprint density at radius 3 is 2.89 bits per heavy atom. The van der Waals surface area contributed by atoms with Gasteiger partial charge >= 0.3 is 0 Å². The van der Waals surface area contributed by atoms with Crippen LogP contribution >= 0.6 is 0 Å². The van der Waals surface area contributed by atoms with Crippen molar-refractivity contribution in [1.82, 2.24) is 14.1 Å². The first-order valence-electron chi connectivity index (χ1n) is 6.27. The topological polar surface area (TPSA) is 60.1 Å². The lowest BCUT2D eigenvalue weighted by Crippen LogP contribution is -2.22. The fourth-order valence-corrected chi connectivity index (χ4v) is 2.46. The highest BCUT2D eigenvalue weighted by Crippen LogP contribution is 2.23. The smallest absolute Gasteiger partial charge is 0.277 e. The van der Waals surface area contributed by atoms with Crippen molar-refractivity contribution in [3.8, 4) is 0 Å². The zero-order valence-electron chi connectivity index (χ0n) is 10.7. The van der Waals surface area contributed by atoms with Gasteiger partial charge in [-0.1, -0.05) is 18.2 Å². The Morgan fingerprint density at radius 1 is 1.32 bits per heavy atom. The molecule has 1 N–H and O–H groups in total. The number of nitrogens with zero attached hydrogens (tertiary/aromatic N) is 3. The van der Waals surface area contributed by atoms with Crippen molar-refractivity contribution in [2.24, 2.45) is 7.05 Å². The molecule has 98 valence electrons. The third kappa shape index (κ3) is 1.74. The Morgan fingerprint density at radius 2 is 2.11 bits per heavy atom. The molecule has 0 radical (unpaired) electrons. The number of rotatable bonds is 3. The van der Waals surface area contributed by atoms with E-state index in [4.69, 9.17) is 5.11 Å². The van der Waals surface area contributed by atoms with E-state index < -0.39 is 0 Å². The van der Waals surface area contributed by atoms with Gasteiger partial charge in [0, 0.05) is 25.6 Å². The molecule has 0 spiro atoms. The molecule has 0 saturated heterocycles. The molecule has 3 rings (SSSR count). The number of hydrogen-bond acceptors (Lipinski definition) is 3. The lowest BCUT2D eigenvalue weighted by molar-refractivity contribution is 0.279. The van der Waals surface area contributed by atoms with Crippen molar-refractivity contribution in [2.75, 3.05) is 6.61 Å². The molecule has 0 aliphatic rings. The summed E-state index contributed by atoms with van der Waals surface area (Å²) in [5.41, 5.74) is 2.30. The Kier molecular flexibility index (Phi) is 2.83. The minimum absolute atomic E-state index is 0.0582. The van der Waals surface area contributed by atoms with E-state index in [9.17, 15) is 4.79 Å². The number of hydrogen-bond donors (Lipinski definition) is 1. The fourth-order valence-electron chi connectivity index (χ4n) is 2.46. The van der Waals surface area contributed by atoms with E-state index in [1.54, 1.807) is 10.9 Å². The SMILES string of the molecule is Cn1c2ccccc2c2ncn(CCCO)c(=O)c21. The molecule has 5 nitrogen and oxygen atoms in total. The average Bonchev–Trinajstić information content (AvgIpc) is 2.73. The van der Waals surface area contributed by atoms with Gasteiger partial charge in [0.25, 0.3) is 5.56 Å². The summed E-state index contributed by atoms with van der Waals surface area (Å²) in [6.45, 7) is 0.555. The van der Waals surface area contributed by atoms with E-state index in [2.05, 4.69) is 4.98 Å². The molecule has 2 heterocycles.